The van der Waals surface area contributed by atoms with E-state index in [0.29, 0.717) is 35.8 Å². The Hall–Kier alpha value is -3.02. The number of rotatable bonds is 8. The van der Waals surface area contributed by atoms with Crippen molar-refractivity contribution in [3.8, 4) is 11.5 Å². The smallest absolute Gasteiger partial charge is 0.338 e. The van der Waals surface area contributed by atoms with Crippen molar-refractivity contribution in [1.29, 1.82) is 0 Å². The van der Waals surface area contributed by atoms with Gasteiger partial charge in [-0.3, -0.25) is 4.79 Å². The van der Waals surface area contributed by atoms with Gasteiger partial charge >= 0.3 is 5.97 Å². The van der Waals surface area contributed by atoms with E-state index in [2.05, 4.69) is 5.32 Å². The molecule has 27 heavy (non-hydrogen) atoms. The standard InChI is InChI=1S/C21H25NO5/c1-5-17(27-19-10-8-7-9-18(19)25-4)20(23)22-16-13-15(12-11-14(16)3)21(24)26-6-2/h7-13,17H,5-6H2,1-4H3,(H,22,23)/t17-/m0/s1. The highest BCUT2D eigenvalue weighted by Crippen LogP contribution is 2.28. The van der Waals surface area contributed by atoms with Crippen molar-refractivity contribution in [3.63, 3.8) is 0 Å². The van der Waals surface area contributed by atoms with Gasteiger partial charge in [-0.25, -0.2) is 4.79 Å². The van der Waals surface area contributed by atoms with E-state index in [-0.39, 0.29) is 5.91 Å². The normalized spacial score (nSPS) is 11.4. The number of nitrogens with one attached hydrogen (secondary N) is 1. The minimum absolute atomic E-state index is 0.291. The Labute approximate surface area is 159 Å². The van der Waals surface area contributed by atoms with Gasteiger partial charge < -0.3 is 19.5 Å². The first kappa shape index (κ1) is 20.3. The van der Waals surface area contributed by atoms with Crippen LogP contribution < -0.4 is 14.8 Å². The zero-order chi connectivity index (χ0) is 19.8. The molecule has 2 rings (SSSR count). The first-order valence-electron chi connectivity index (χ1n) is 8.88. The molecular weight excluding hydrogens is 346 g/mol. The van der Waals surface area contributed by atoms with Crippen LogP contribution in [0.25, 0.3) is 0 Å². The fourth-order valence-electron chi connectivity index (χ4n) is 2.50. The number of hydrogen-bond acceptors (Lipinski definition) is 5. The predicted molar refractivity (Wildman–Crippen MR) is 103 cm³/mol. The third-order valence-corrected chi connectivity index (χ3v) is 4.01. The van der Waals surface area contributed by atoms with E-state index in [1.807, 2.05) is 26.0 Å². The fourth-order valence-corrected chi connectivity index (χ4v) is 2.50. The lowest BCUT2D eigenvalue weighted by Gasteiger charge is -2.19. The van der Waals surface area contributed by atoms with Gasteiger partial charge in [0, 0.05) is 5.69 Å². The van der Waals surface area contributed by atoms with E-state index in [4.69, 9.17) is 14.2 Å². The van der Waals surface area contributed by atoms with Gasteiger partial charge in [0.2, 0.25) is 0 Å². The zero-order valence-corrected chi connectivity index (χ0v) is 16.1. The number of esters is 1. The molecule has 0 aliphatic heterocycles. The number of amides is 1. The van der Waals surface area contributed by atoms with Gasteiger partial charge in [0.15, 0.2) is 17.6 Å². The second-order valence-corrected chi connectivity index (χ2v) is 5.91. The van der Waals surface area contributed by atoms with Crippen LogP contribution in [0.1, 0.15) is 36.2 Å². The zero-order valence-electron chi connectivity index (χ0n) is 16.1. The third-order valence-electron chi connectivity index (χ3n) is 4.01. The Morgan fingerprint density at radius 3 is 2.41 bits per heavy atom. The highest BCUT2D eigenvalue weighted by Gasteiger charge is 2.21. The van der Waals surface area contributed by atoms with Crippen molar-refractivity contribution in [2.45, 2.75) is 33.3 Å². The minimum Gasteiger partial charge on any atom is -0.493 e. The Kier molecular flexibility index (Phi) is 7.23. The molecule has 144 valence electrons. The molecule has 0 aliphatic rings. The van der Waals surface area contributed by atoms with E-state index in [0.717, 1.165) is 5.56 Å². The summed E-state index contributed by atoms with van der Waals surface area (Å²) in [6.45, 7) is 5.75. The number of para-hydroxylation sites is 2. The largest absolute Gasteiger partial charge is 0.493 e. The van der Waals surface area contributed by atoms with E-state index in [1.165, 1.54) is 0 Å². The van der Waals surface area contributed by atoms with Gasteiger partial charge in [-0.15, -0.1) is 0 Å². The molecule has 0 saturated heterocycles. The van der Waals surface area contributed by atoms with Gasteiger partial charge in [0.05, 0.1) is 19.3 Å². The highest BCUT2D eigenvalue weighted by atomic mass is 16.5. The van der Waals surface area contributed by atoms with Crippen LogP contribution in [0.3, 0.4) is 0 Å². The first-order valence-corrected chi connectivity index (χ1v) is 8.88. The molecule has 1 atom stereocenters. The molecule has 0 spiro atoms. The molecule has 6 heteroatoms. The lowest BCUT2D eigenvalue weighted by atomic mass is 10.1. The molecule has 0 heterocycles. The van der Waals surface area contributed by atoms with Gasteiger partial charge in [0.1, 0.15) is 0 Å². The van der Waals surface area contributed by atoms with Crippen molar-refractivity contribution in [2.75, 3.05) is 19.0 Å². The minimum atomic E-state index is -0.702. The Balaban J connectivity index is 2.16. The second kappa shape index (κ2) is 9.62. The van der Waals surface area contributed by atoms with Crippen LogP contribution >= 0.6 is 0 Å². The van der Waals surface area contributed by atoms with Crippen LogP contribution in [0, 0.1) is 6.92 Å². The Morgan fingerprint density at radius 2 is 1.78 bits per heavy atom. The van der Waals surface area contributed by atoms with E-state index >= 15 is 0 Å². The highest BCUT2D eigenvalue weighted by molar-refractivity contribution is 5.97. The molecule has 1 N–H and O–H groups in total. The van der Waals surface area contributed by atoms with Crippen LogP contribution in [0.15, 0.2) is 42.5 Å². The summed E-state index contributed by atoms with van der Waals surface area (Å²) in [5.74, 6) is 0.334. The summed E-state index contributed by atoms with van der Waals surface area (Å²) in [6.07, 6.45) is -0.229. The van der Waals surface area contributed by atoms with Crippen molar-refractivity contribution in [2.24, 2.45) is 0 Å². The number of carbonyl (C=O) groups is 2. The maximum Gasteiger partial charge on any atom is 0.338 e. The molecule has 0 unspecified atom stereocenters. The fraction of sp³-hybridized carbons (Fsp3) is 0.333. The lowest BCUT2D eigenvalue weighted by molar-refractivity contribution is -0.122. The second-order valence-electron chi connectivity index (χ2n) is 5.91. The molecule has 6 nitrogen and oxygen atoms in total. The van der Waals surface area contributed by atoms with Crippen LogP contribution in [0.5, 0.6) is 11.5 Å². The molecule has 0 aliphatic carbocycles. The number of anilines is 1. The SMILES string of the molecule is CCOC(=O)c1ccc(C)c(NC(=O)[C@H](CC)Oc2ccccc2OC)c1. The summed E-state index contributed by atoms with van der Waals surface area (Å²) in [5.41, 5.74) is 1.77. The summed E-state index contributed by atoms with van der Waals surface area (Å²) in [6, 6.07) is 12.2. The summed E-state index contributed by atoms with van der Waals surface area (Å²) >= 11 is 0. The molecule has 2 aromatic rings. The Bertz CT molecular complexity index is 803. The molecule has 0 saturated carbocycles. The molecule has 0 radical (unpaired) electrons. The molecule has 0 bridgehead atoms. The Morgan fingerprint density at radius 1 is 1.07 bits per heavy atom. The van der Waals surface area contributed by atoms with Gasteiger partial charge in [-0.2, -0.15) is 0 Å². The number of methoxy groups -OCH3 is 1. The lowest BCUT2D eigenvalue weighted by Crippen LogP contribution is -2.32. The maximum atomic E-state index is 12.7. The third kappa shape index (κ3) is 5.23. The van der Waals surface area contributed by atoms with E-state index in [1.54, 1.807) is 44.4 Å². The summed E-state index contributed by atoms with van der Waals surface area (Å²) in [5, 5.41) is 2.84. The monoisotopic (exact) mass is 371 g/mol. The van der Waals surface area contributed by atoms with Crippen LogP contribution in [0.2, 0.25) is 0 Å². The average Bonchev–Trinajstić information content (AvgIpc) is 2.68. The number of ether oxygens (including phenoxy) is 3. The molecule has 0 fully saturated rings. The summed E-state index contributed by atoms with van der Waals surface area (Å²) in [4.78, 5) is 24.6. The van der Waals surface area contributed by atoms with Crippen molar-refractivity contribution >= 4 is 17.6 Å². The van der Waals surface area contributed by atoms with Crippen LogP contribution in [-0.4, -0.2) is 31.7 Å². The number of carbonyl (C=O) groups excluding carboxylic acids is 2. The summed E-state index contributed by atoms with van der Waals surface area (Å²) in [7, 11) is 1.55. The quantitative estimate of drug-likeness (QED) is 0.711. The van der Waals surface area contributed by atoms with Gasteiger partial charge in [-0.05, 0) is 50.1 Å². The molecule has 1 amide bonds. The van der Waals surface area contributed by atoms with E-state index < -0.39 is 12.1 Å². The van der Waals surface area contributed by atoms with Gasteiger partial charge in [-0.1, -0.05) is 25.1 Å². The van der Waals surface area contributed by atoms with Crippen molar-refractivity contribution in [1.82, 2.24) is 0 Å². The number of hydrogen-bond donors (Lipinski definition) is 1. The van der Waals surface area contributed by atoms with Crippen molar-refractivity contribution < 1.29 is 23.8 Å². The summed E-state index contributed by atoms with van der Waals surface area (Å²) < 4.78 is 16.1. The maximum absolute atomic E-state index is 12.7. The first-order chi connectivity index (χ1) is 13.0. The van der Waals surface area contributed by atoms with Crippen LogP contribution in [0.4, 0.5) is 5.69 Å². The topological polar surface area (TPSA) is 73.9 Å². The molecule has 0 aromatic heterocycles. The van der Waals surface area contributed by atoms with Crippen molar-refractivity contribution in [3.05, 3.63) is 53.6 Å². The van der Waals surface area contributed by atoms with E-state index in [9.17, 15) is 9.59 Å². The number of aryl methyl sites for hydroxylation is 1. The average molecular weight is 371 g/mol. The molecule has 2 aromatic carbocycles. The number of benzene rings is 2. The van der Waals surface area contributed by atoms with Gasteiger partial charge in [0.25, 0.3) is 5.91 Å². The predicted octanol–water partition coefficient (Wildman–Crippen LogP) is 3.98. The molecular formula is C21H25NO5. The van der Waals surface area contributed by atoms with Crippen LogP contribution in [-0.2, 0) is 9.53 Å².